The van der Waals surface area contributed by atoms with E-state index in [1.165, 1.54) is 0 Å². The van der Waals surface area contributed by atoms with E-state index in [4.69, 9.17) is 9.47 Å². The first-order chi connectivity index (χ1) is 14.3. The van der Waals surface area contributed by atoms with Gasteiger partial charge in [0.2, 0.25) is 6.29 Å². The molecule has 2 aromatic carbocycles. The summed E-state index contributed by atoms with van der Waals surface area (Å²) in [5, 5.41) is 59.3. The molecular weight excluding hydrogens is 396 g/mol. The zero-order valence-electron chi connectivity index (χ0n) is 16.0. The van der Waals surface area contributed by atoms with Crippen LogP contribution in [0.25, 0.3) is 0 Å². The number of ketones is 1. The Bertz CT molecular complexity index is 868. The third-order valence-electron chi connectivity index (χ3n) is 4.92. The highest BCUT2D eigenvalue weighted by atomic mass is 16.7. The van der Waals surface area contributed by atoms with E-state index >= 15 is 0 Å². The molecule has 0 aromatic heterocycles. The summed E-state index contributed by atoms with van der Waals surface area (Å²) in [6.07, 6.45) is -7.30. The molecule has 1 aliphatic rings. The fraction of sp³-hybridized carbons (Fsp3) is 0.381. The van der Waals surface area contributed by atoms with Crippen LogP contribution in [0, 0.1) is 0 Å². The minimum atomic E-state index is -1.71. The van der Waals surface area contributed by atoms with E-state index in [1.807, 2.05) is 30.3 Å². The van der Waals surface area contributed by atoms with Crippen LogP contribution in [-0.2, 0) is 11.2 Å². The van der Waals surface area contributed by atoms with Gasteiger partial charge in [-0.25, -0.2) is 0 Å². The Morgan fingerprint density at radius 1 is 1.00 bits per heavy atom. The topological polar surface area (TPSA) is 157 Å². The van der Waals surface area contributed by atoms with Crippen molar-refractivity contribution >= 4 is 5.78 Å². The van der Waals surface area contributed by atoms with Gasteiger partial charge in [-0.15, -0.1) is 0 Å². The van der Waals surface area contributed by atoms with E-state index in [0.29, 0.717) is 6.42 Å². The second kappa shape index (κ2) is 9.41. The molecule has 2 aromatic rings. The zero-order valence-corrected chi connectivity index (χ0v) is 16.0. The summed E-state index contributed by atoms with van der Waals surface area (Å²) >= 11 is 0. The number of aliphatic hydroxyl groups is 4. The van der Waals surface area contributed by atoms with Gasteiger partial charge >= 0.3 is 0 Å². The standard InChI is InChI=1S/C21H24O9/c22-10-16-18(26)19(27)20(28)21(30-16)29-15-9-12(23)8-14(25)17(15)13(24)7-6-11-4-2-1-3-5-11/h1-5,8-9,16,18-23,25-28H,6-7,10H2/t16-,18+,19+,20+,21-/m0/s1. The highest BCUT2D eigenvalue weighted by Gasteiger charge is 2.45. The van der Waals surface area contributed by atoms with E-state index in [9.17, 15) is 35.4 Å². The number of hydrogen-bond acceptors (Lipinski definition) is 9. The largest absolute Gasteiger partial charge is 0.508 e. The van der Waals surface area contributed by atoms with Crippen molar-refractivity contribution < 1.29 is 44.9 Å². The Balaban J connectivity index is 1.83. The molecule has 0 saturated carbocycles. The average Bonchev–Trinajstić information content (AvgIpc) is 2.72. The normalized spacial score (nSPS) is 26.3. The van der Waals surface area contributed by atoms with Gasteiger partial charge in [0.05, 0.1) is 6.61 Å². The molecule has 9 nitrogen and oxygen atoms in total. The smallest absolute Gasteiger partial charge is 0.229 e. The minimum Gasteiger partial charge on any atom is -0.508 e. The number of carbonyl (C=O) groups is 1. The minimum absolute atomic E-state index is 0.0351. The van der Waals surface area contributed by atoms with Gasteiger partial charge in [0.15, 0.2) is 5.78 Å². The second-order valence-corrected chi connectivity index (χ2v) is 7.06. The number of aryl methyl sites for hydroxylation is 1. The van der Waals surface area contributed by atoms with E-state index in [2.05, 4.69) is 0 Å². The van der Waals surface area contributed by atoms with Gasteiger partial charge in [-0.05, 0) is 12.0 Å². The monoisotopic (exact) mass is 420 g/mol. The number of hydrogen-bond donors (Lipinski definition) is 6. The molecular formula is C21H24O9. The lowest BCUT2D eigenvalue weighted by Gasteiger charge is -2.39. The molecule has 162 valence electrons. The molecule has 1 saturated heterocycles. The number of benzene rings is 2. The molecule has 0 bridgehead atoms. The molecule has 1 aliphatic heterocycles. The predicted octanol–water partition coefficient (Wildman–Crippen LogP) is 0.0920. The molecule has 0 spiro atoms. The molecule has 30 heavy (non-hydrogen) atoms. The Morgan fingerprint density at radius 2 is 1.70 bits per heavy atom. The lowest BCUT2D eigenvalue weighted by molar-refractivity contribution is -0.277. The number of phenols is 2. The van der Waals surface area contributed by atoms with Gasteiger partial charge in [0.1, 0.15) is 47.2 Å². The van der Waals surface area contributed by atoms with Crippen LogP contribution in [0.4, 0.5) is 0 Å². The third kappa shape index (κ3) is 4.72. The Hall–Kier alpha value is -2.69. The van der Waals surface area contributed by atoms with Gasteiger partial charge < -0.3 is 40.1 Å². The lowest BCUT2D eigenvalue weighted by Crippen LogP contribution is -2.60. The molecule has 0 radical (unpaired) electrons. The third-order valence-corrected chi connectivity index (χ3v) is 4.92. The van der Waals surface area contributed by atoms with Crippen molar-refractivity contribution in [1.82, 2.24) is 0 Å². The number of aliphatic hydroxyl groups excluding tert-OH is 4. The van der Waals surface area contributed by atoms with Gasteiger partial charge in [0, 0.05) is 18.6 Å². The summed E-state index contributed by atoms with van der Waals surface area (Å²) in [7, 11) is 0. The van der Waals surface area contributed by atoms with Crippen molar-refractivity contribution in [2.24, 2.45) is 0 Å². The Morgan fingerprint density at radius 3 is 2.37 bits per heavy atom. The quantitative estimate of drug-likeness (QED) is 0.342. The molecule has 5 atom stereocenters. The summed E-state index contributed by atoms with van der Waals surface area (Å²) in [6, 6.07) is 11.3. The van der Waals surface area contributed by atoms with Crippen LogP contribution in [0.5, 0.6) is 17.2 Å². The van der Waals surface area contributed by atoms with E-state index in [1.54, 1.807) is 0 Å². The Kier molecular flexibility index (Phi) is 6.91. The fourth-order valence-electron chi connectivity index (χ4n) is 3.28. The maximum atomic E-state index is 12.8. The van der Waals surface area contributed by atoms with Gasteiger partial charge in [-0.2, -0.15) is 0 Å². The SMILES string of the molecule is O=C(CCc1ccccc1)c1c(O)cc(O)cc1O[C@H]1O[C@@H](CO)[C@@H](O)[C@@H](O)[C@H]1O. The van der Waals surface area contributed by atoms with Crippen LogP contribution in [0.3, 0.4) is 0 Å². The highest BCUT2D eigenvalue weighted by molar-refractivity contribution is 6.01. The molecule has 6 N–H and O–H groups in total. The predicted molar refractivity (Wildman–Crippen MR) is 103 cm³/mol. The first-order valence-electron chi connectivity index (χ1n) is 9.42. The number of phenolic OH excluding ortho intramolecular Hbond substituents is 2. The maximum Gasteiger partial charge on any atom is 0.229 e. The fourth-order valence-corrected chi connectivity index (χ4v) is 3.28. The summed E-state index contributed by atoms with van der Waals surface area (Å²) in [5.74, 6) is -1.66. The number of rotatable bonds is 7. The highest BCUT2D eigenvalue weighted by Crippen LogP contribution is 2.36. The number of carbonyl (C=O) groups excluding carboxylic acids is 1. The van der Waals surface area contributed by atoms with Crippen LogP contribution in [0.2, 0.25) is 0 Å². The van der Waals surface area contributed by atoms with E-state index < -0.39 is 54.6 Å². The summed E-state index contributed by atoms with van der Waals surface area (Å²) in [6.45, 7) is -0.654. The van der Waals surface area contributed by atoms with Gasteiger partial charge in [-0.3, -0.25) is 4.79 Å². The zero-order chi connectivity index (χ0) is 21.8. The van der Waals surface area contributed by atoms with Crippen molar-refractivity contribution in [3.8, 4) is 17.2 Å². The lowest BCUT2D eigenvalue weighted by atomic mass is 9.99. The molecule has 0 unspecified atom stereocenters. The van der Waals surface area contributed by atoms with Crippen molar-refractivity contribution in [1.29, 1.82) is 0 Å². The first kappa shape index (κ1) is 22.0. The number of Topliss-reactive ketones (excluding diaryl/α,β-unsaturated/α-hetero) is 1. The van der Waals surface area contributed by atoms with Crippen LogP contribution >= 0.6 is 0 Å². The number of ether oxygens (including phenoxy) is 2. The van der Waals surface area contributed by atoms with Gasteiger partial charge in [-0.1, -0.05) is 30.3 Å². The van der Waals surface area contributed by atoms with Crippen LogP contribution in [0.15, 0.2) is 42.5 Å². The van der Waals surface area contributed by atoms with Crippen molar-refractivity contribution in [3.63, 3.8) is 0 Å². The average molecular weight is 420 g/mol. The maximum absolute atomic E-state index is 12.8. The van der Waals surface area contributed by atoms with E-state index in [0.717, 1.165) is 17.7 Å². The summed E-state index contributed by atoms with van der Waals surface area (Å²) in [5.41, 5.74) is 0.696. The molecule has 0 aliphatic carbocycles. The van der Waals surface area contributed by atoms with Crippen LogP contribution < -0.4 is 4.74 Å². The molecule has 9 heteroatoms. The summed E-state index contributed by atoms with van der Waals surface area (Å²) < 4.78 is 10.8. The molecule has 3 rings (SSSR count). The van der Waals surface area contributed by atoms with Crippen molar-refractivity contribution in [2.75, 3.05) is 6.61 Å². The van der Waals surface area contributed by atoms with Crippen LogP contribution in [-0.4, -0.2) is 73.7 Å². The van der Waals surface area contributed by atoms with Crippen LogP contribution in [0.1, 0.15) is 22.3 Å². The van der Waals surface area contributed by atoms with Crippen molar-refractivity contribution in [3.05, 3.63) is 53.6 Å². The van der Waals surface area contributed by atoms with Crippen molar-refractivity contribution in [2.45, 2.75) is 43.5 Å². The first-order valence-corrected chi connectivity index (χ1v) is 9.42. The van der Waals surface area contributed by atoms with Gasteiger partial charge in [0.25, 0.3) is 0 Å². The van der Waals surface area contributed by atoms with E-state index in [-0.39, 0.29) is 17.7 Å². The summed E-state index contributed by atoms with van der Waals surface area (Å²) in [4.78, 5) is 12.8. The number of aromatic hydroxyl groups is 2. The molecule has 1 fully saturated rings. The molecule has 0 amide bonds. The second-order valence-electron chi connectivity index (χ2n) is 7.06. The Labute approximate surface area is 172 Å². The molecule has 1 heterocycles.